The molecule has 1 N–H and O–H groups in total. The zero-order valence-corrected chi connectivity index (χ0v) is 18.7. The summed E-state index contributed by atoms with van der Waals surface area (Å²) in [4.78, 5) is 0. The highest BCUT2D eigenvalue weighted by Gasteiger charge is 2.08. The van der Waals surface area contributed by atoms with Gasteiger partial charge in [-0.1, -0.05) is 91.3 Å². The Balaban J connectivity index is -0.000000136. The molecule has 0 aromatic rings. The van der Waals surface area contributed by atoms with Crippen LogP contribution in [0.3, 0.4) is 0 Å². The molecule has 1 nitrogen and oxygen atoms in total. The van der Waals surface area contributed by atoms with Crippen molar-refractivity contribution in [1.29, 1.82) is 0 Å². The third kappa shape index (κ3) is 28.0. The number of allylic oxidation sites excluding steroid dienone is 7. The lowest BCUT2D eigenvalue weighted by molar-refractivity contribution is 0.399. The van der Waals surface area contributed by atoms with Crippen LogP contribution < -0.4 is 0 Å². The fourth-order valence-corrected chi connectivity index (χ4v) is 2.07. The van der Waals surface area contributed by atoms with Gasteiger partial charge in [0.15, 0.2) is 0 Å². The Morgan fingerprint density at radius 2 is 1.40 bits per heavy atom. The van der Waals surface area contributed by atoms with Gasteiger partial charge in [0.25, 0.3) is 0 Å². The van der Waals surface area contributed by atoms with Crippen LogP contribution in [-0.2, 0) is 0 Å². The Kier molecular flexibility index (Phi) is 43.4. The van der Waals surface area contributed by atoms with Crippen molar-refractivity contribution in [3.8, 4) is 0 Å². The first kappa shape index (κ1) is 31.7. The number of aliphatic hydroxyl groups excluding tert-OH is 1. The topological polar surface area (TPSA) is 20.2 Å². The molecule has 0 amide bonds. The van der Waals surface area contributed by atoms with Crippen LogP contribution in [0.2, 0.25) is 0 Å². The first-order valence-corrected chi connectivity index (χ1v) is 10.3. The Hall–Kier alpha value is -1.08. The van der Waals surface area contributed by atoms with Crippen LogP contribution in [0.1, 0.15) is 99.8 Å². The van der Waals surface area contributed by atoms with Gasteiger partial charge < -0.3 is 5.11 Å². The van der Waals surface area contributed by atoms with Gasteiger partial charge in [0, 0.05) is 7.11 Å². The van der Waals surface area contributed by atoms with Gasteiger partial charge in [0.2, 0.25) is 0 Å². The van der Waals surface area contributed by atoms with E-state index in [0.29, 0.717) is 0 Å². The summed E-state index contributed by atoms with van der Waals surface area (Å²) in [5.41, 5.74) is 3.02. The van der Waals surface area contributed by atoms with E-state index in [1.807, 2.05) is 19.9 Å². The van der Waals surface area contributed by atoms with Crippen molar-refractivity contribution in [1.82, 2.24) is 0 Å². The minimum atomic E-state index is 1.00. The number of aliphatic hydroxyl groups is 1. The molecule has 1 aliphatic carbocycles. The second kappa shape index (κ2) is 34.3. The first-order valence-electron chi connectivity index (χ1n) is 10.3. The maximum absolute atomic E-state index is 7.00. The van der Waals surface area contributed by atoms with Crippen LogP contribution in [-0.4, -0.2) is 12.2 Å². The molecule has 1 aliphatic rings. The number of hydrogen-bond acceptors (Lipinski definition) is 1. The van der Waals surface area contributed by atoms with Gasteiger partial charge in [-0.3, -0.25) is 0 Å². The SMILES string of the molecule is C=C/C=C1/CCCC/C1=C/C.CC.CC/C=C/CCC.CCC.CO. The summed E-state index contributed by atoms with van der Waals surface area (Å²) in [7, 11) is 1.00. The summed E-state index contributed by atoms with van der Waals surface area (Å²) in [5, 5.41) is 7.00. The summed E-state index contributed by atoms with van der Waals surface area (Å²) >= 11 is 0. The number of unbranched alkanes of at least 4 members (excludes halogenated alkanes) is 1. The van der Waals surface area contributed by atoms with Gasteiger partial charge in [-0.15, -0.1) is 0 Å². The lowest BCUT2D eigenvalue weighted by atomic mass is 9.89. The maximum atomic E-state index is 7.00. The molecule has 1 heteroatoms. The Labute approximate surface area is 160 Å². The molecule has 1 saturated carbocycles. The highest BCUT2D eigenvalue weighted by molar-refractivity contribution is 5.34. The largest absolute Gasteiger partial charge is 0.400 e. The predicted molar refractivity (Wildman–Crippen MR) is 120 cm³/mol. The molecule has 0 unspecified atom stereocenters. The molecule has 0 bridgehead atoms. The van der Waals surface area contributed by atoms with Gasteiger partial charge in [-0.2, -0.15) is 0 Å². The summed E-state index contributed by atoms with van der Waals surface area (Å²) in [5.74, 6) is 0. The van der Waals surface area contributed by atoms with Crippen molar-refractivity contribution in [2.45, 2.75) is 99.8 Å². The molecule has 150 valence electrons. The fraction of sp³-hybridized carbons (Fsp3) is 0.667. The van der Waals surface area contributed by atoms with Crippen LogP contribution in [0, 0.1) is 0 Å². The van der Waals surface area contributed by atoms with Crippen molar-refractivity contribution in [3.05, 3.63) is 48.1 Å². The molecule has 1 fully saturated rings. The summed E-state index contributed by atoms with van der Waals surface area (Å²) in [6.07, 6.45) is 20.9. The van der Waals surface area contributed by atoms with E-state index >= 15 is 0 Å². The standard InChI is InChI=1S/C11H16.C7H14.C3H8.C2H6.CH4O/c1-3-7-11-9-6-5-8-10(11)4-2;1-3-5-7-6-4-2;1-3-2;2*1-2/h3-4,7H,1,5-6,8-9H2,2H3;5,7H,3-4,6H2,1-2H3;3H2,1-2H3;1-2H3;2H,1H3/b10-4-,11-7-;7-5+;;;. The zero-order valence-electron chi connectivity index (χ0n) is 18.7. The second-order valence-electron chi connectivity index (χ2n) is 5.32. The lowest BCUT2D eigenvalue weighted by Crippen LogP contribution is -1.97. The molecule has 0 radical (unpaired) electrons. The van der Waals surface area contributed by atoms with E-state index in [-0.39, 0.29) is 0 Å². The number of hydrogen-bond donors (Lipinski definition) is 1. The maximum Gasteiger partial charge on any atom is 0.0319 e. The van der Waals surface area contributed by atoms with Crippen molar-refractivity contribution >= 4 is 0 Å². The number of rotatable bonds is 4. The molecule has 0 saturated heterocycles. The van der Waals surface area contributed by atoms with E-state index < -0.39 is 0 Å². The quantitative estimate of drug-likeness (QED) is 0.503. The molecule has 0 atom stereocenters. The Bertz CT molecular complexity index is 308. The van der Waals surface area contributed by atoms with Crippen LogP contribution in [0.15, 0.2) is 48.1 Å². The average molecular weight is 353 g/mol. The zero-order chi connectivity index (χ0) is 20.3. The van der Waals surface area contributed by atoms with E-state index in [1.165, 1.54) is 62.5 Å². The van der Waals surface area contributed by atoms with Crippen molar-refractivity contribution < 1.29 is 5.11 Å². The summed E-state index contributed by atoms with van der Waals surface area (Å²) in [6, 6.07) is 0. The molecule has 0 aliphatic heterocycles. The Morgan fingerprint density at radius 3 is 1.76 bits per heavy atom. The van der Waals surface area contributed by atoms with E-state index in [2.05, 4.69) is 65.5 Å². The normalized spacial score (nSPS) is 15.6. The van der Waals surface area contributed by atoms with Crippen LogP contribution in [0.5, 0.6) is 0 Å². The van der Waals surface area contributed by atoms with Gasteiger partial charge >= 0.3 is 0 Å². The first-order chi connectivity index (χ1) is 12.2. The third-order valence-corrected chi connectivity index (χ3v) is 3.08. The average Bonchev–Trinajstić information content (AvgIpc) is 2.67. The van der Waals surface area contributed by atoms with E-state index in [4.69, 9.17) is 5.11 Å². The van der Waals surface area contributed by atoms with Crippen molar-refractivity contribution in [2.75, 3.05) is 7.11 Å². The second-order valence-corrected chi connectivity index (χ2v) is 5.32. The van der Waals surface area contributed by atoms with E-state index in [1.54, 1.807) is 0 Å². The van der Waals surface area contributed by atoms with Gasteiger partial charge in [-0.25, -0.2) is 0 Å². The van der Waals surface area contributed by atoms with Gasteiger partial charge in [0.1, 0.15) is 0 Å². The molecular weight excluding hydrogens is 304 g/mol. The summed E-state index contributed by atoms with van der Waals surface area (Å²) in [6.45, 7) is 18.4. The van der Waals surface area contributed by atoms with Crippen LogP contribution >= 0.6 is 0 Å². The lowest BCUT2D eigenvalue weighted by Gasteiger charge is -2.16. The van der Waals surface area contributed by atoms with Crippen molar-refractivity contribution in [3.63, 3.8) is 0 Å². The summed E-state index contributed by atoms with van der Waals surface area (Å²) < 4.78 is 0. The molecule has 0 aromatic heterocycles. The van der Waals surface area contributed by atoms with Crippen LogP contribution in [0.4, 0.5) is 0 Å². The highest BCUT2D eigenvalue weighted by atomic mass is 16.2. The molecule has 0 aromatic carbocycles. The highest BCUT2D eigenvalue weighted by Crippen LogP contribution is 2.28. The fourth-order valence-electron chi connectivity index (χ4n) is 2.07. The van der Waals surface area contributed by atoms with Gasteiger partial charge in [-0.05, 0) is 56.6 Å². The minimum Gasteiger partial charge on any atom is -0.400 e. The van der Waals surface area contributed by atoms with E-state index in [0.717, 1.165) is 7.11 Å². The molecule has 0 heterocycles. The predicted octanol–water partition coefficient (Wildman–Crippen LogP) is 8.42. The smallest absolute Gasteiger partial charge is 0.0319 e. The molecular formula is C24H48O. The minimum absolute atomic E-state index is 1.00. The Morgan fingerprint density at radius 1 is 0.920 bits per heavy atom. The van der Waals surface area contributed by atoms with Crippen molar-refractivity contribution in [2.24, 2.45) is 0 Å². The molecule has 1 rings (SSSR count). The van der Waals surface area contributed by atoms with Crippen LogP contribution in [0.25, 0.3) is 0 Å². The molecule has 25 heavy (non-hydrogen) atoms. The van der Waals surface area contributed by atoms with Gasteiger partial charge in [0.05, 0.1) is 0 Å². The molecule has 0 spiro atoms. The van der Waals surface area contributed by atoms with E-state index in [9.17, 15) is 0 Å². The monoisotopic (exact) mass is 352 g/mol. The third-order valence-electron chi connectivity index (χ3n) is 3.08.